The van der Waals surface area contributed by atoms with E-state index in [1.165, 1.54) is 17.8 Å². The van der Waals surface area contributed by atoms with Gasteiger partial charge in [-0.2, -0.15) is 9.37 Å². The molecule has 31 heavy (non-hydrogen) atoms. The number of carbonyl (C=O) groups excluding carboxylic acids is 1. The second kappa shape index (κ2) is 7.55. The van der Waals surface area contributed by atoms with Crippen LogP contribution in [-0.2, 0) is 5.54 Å². The highest BCUT2D eigenvalue weighted by atomic mass is 19.1. The van der Waals surface area contributed by atoms with Crippen LogP contribution < -0.4 is 5.32 Å². The molecule has 0 bridgehead atoms. The number of nitrogens with one attached hydrogen (secondary N) is 1. The third-order valence-corrected chi connectivity index (χ3v) is 6.18. The summed E-state index contributed by atoms with van der Waals surface area (Å²) in [5, 5.41) is 7.25. The van der Waals surface area contributed by atoms with Gasteiger partial charge in [0.2, 0.25) is 11.8 Å². The van der Waals surface area contributed by atoms with Crippen molar-refractivity contribution in [2.24, 2.45) is 5.92 Å². The van der Waals surface area contributed by atoms with Gasteiger partial charge in [0.25, 0.3) is 5.91 Å². The van der Waals surface area contributed by atoms with Crippen molar-refractivity contribution in [2.75, 3.05) is 0 Å². The maximum atomic E-state index is 13.3. The van der Waals surface area contributed by atoms with Crippen LogP contribution in [-0.4, -0.2) is 21.0 Å². The quantitative estimate of drug-likeness (QED) is 0.550. The fraction of sp³-hybridized carbons (Fsp3) is 0.417. The first kappa shape index (κ1) is 19.8. The fourth-order valence-corrected chi connectivity index (χ4v) is 4.18. The Bertz CT molecular complexity index is 1120. The van der Waals surface area contributed by atoms with E-state index in [0.29, 0.717) is 29.1 Å². The number of aryl methyl sites for hydroxylation is 1. The van der Waals surface area contributed by atoms with E-state index < -0.39 is 11.5 Å². The minimum Gasteiger partial charge on any atom is -0.340 e. The molecule has 160 valence electrons. The average Bonchev–Trinajstić information content (AvgIpc) is 3.68. The van der Waals surface area contributed by atoms with Gasteiger partial charge in [0.15, 0.2) is 5.82 Å². The predicted molar refractivity (Wildman–Crippen MR) is 113 cm³/mol. The van der Waals surface area contributed by atoms with Crippen LogP contribution in [0.4, 0.5) is 4.39 Å². The Hall–Kier alpha value is -3.09. The number of nitrogens with zero attached hydrogens (tertiary/aromatic N) is 3. The van der Waals surface area contributed by atoms with Crippen molar-refractivity contribution in [3.63, 3.8) is 0 Å². The zero-order valence-corrected chi connectivity index (χ0v) is 17.7. The highest BCUT2D eigenvalue weighted by molar-refractivity contribution is 5.96. The molecule has 1 unspecified atom stereocenters. The van der Waals surface area contributed by atoms with Gasteiger partial charge in [-0.05, 0) is 73.4 Å². The summed E-state index contributed by atoms with van der Waals surface area (Å²) in [7, 11) is 0. The van der Waals surface area contributed by atoms with Crippen molar-refractivity contribution in [2.45, 2.75) is 57.4 Å². The molecule has 2 heterocycles. The SMILES string of the molecule is Cc1nc(C(C)(CC2CC2)NC(=O)c2ccc(C3CC3)c(-c3ccc(F)nc3)c2)no1. The Balaban J connectivity index is 1.46. The normalized spacial score (nSPS) is 17.9. The van der Waals surface area contributed by atoms with Crippen molar-refractivity contribution in [3.8, 4) is 11.1 Å². The summed E-state index contributed by atoms with van der Waals surface area (Å²) in [4.78, 5) is 21.5. The Morgan fingerprint density at radius 1 is 1.23 bits per heavy atom. The van der Waals surface area contributed by atoms with Gasteiger partial charge >= 0.3 is 0 Å². The van der Waals surface area contributed by atoms with E-state index in [4.69, 9.17) is 4.52 Å². The molecule has 0 spiro atoms. The lowest BCUT2D eigenvalue weighted by Gasteiger charge is -2.28. The Morgan fingerprint density at radius 3 is 2.65 bits per heavy atom. The lowest BCUT2D eigenvalue weighted by molar-refractivity contribution is 0.0890. The van der Waals surface area contributed by atoms with Gasteiger partial charge in [0.1, 0.15) is 5.54 Å². The molecule has 1 amide bonds. The molecule has 5 rings (SSSR count). The second-order valence-electron chi connectivity index (χ2n) is 9.02. The lowest BCUT2D eigenvalue weighted by atomic mass is 9.92. The standard InChI is InChI=1S/C24H25FN4O2/c1-14-27-23(29-31-14)24(2,12-15-3-4-15)28-22(30)17-7-9-19(16-5-6-16)20(11-17)18-8-10-21(25)26-13-18/h7-11,13,15-16H,3-6,12H2,1-2H3,(H,28,30). The van der Waals surface area contributed by atoms with Crippen LogP contribution in [0.25, 0.3) is 11.1 Å². The van der Waals surface area contributed by atoms with Gasteiger partial charge in [0.05, 0.1) is 0 Å². The topological polar surface area (TPSA) is 80.9 Å². The zero-order valence-electron chi connectivity index (χ0n) is 17.7. The molecule has 1 N–H and O–H groups in total. The van der Waals surface area contributed by atoms with Crippen LogP contribution in [0.15, 0.2) is 41.1 Å². The first-order valence-corrected chi connectivity index (χ1v) is 10.8. The van der Waals surface area contributed by atoms with Gasteiger partial charge in [-0.15, -0.1) is 0 Å². The third-order valence-electron chi connectivity index (χ3n) is 6.18. The minimum absolute atomic E-state index is 0.190. The number of halogens is 1. The number of pyridine rings is 1. The van der Waals surface area contributed by atoms with E-state index in [2.05, 4.69) is 20.4 Å². The summed E-state index contributed by atoms with van der Waals surface area (Å²) in [6, 6.07) is 8.83. The molecule has 3 aromatic rings. The number of carbonyl (C=O) groups is 1. The highest BCUT2D eigenvalue weighted by Gasteiger charge is 2.39. The van der Waals surface area contributed by atoms with Crippen molar-refractivity contribution >= 4 is 5.91 Å². The van der Waals surface area contributed by atoms with Crippen LogP contribution >= 0.6 is 0 Å². The number of rotatable bonds is 7. The fourth-order valence-electron chi connectivity index (χ4n) is 4.18. The van der Waals surface area contributed by atoms with E-state index in [1.807, 2.05) is 25.1 Å². The van der Waals surface area contributed by atoms with Crippen LogP contribution in [0, 0.1) is 18.8 Å². The van der Waals surface area contributed by atoms with Gasteiger partial charge < -0.3 is 9.84 Å². The van der Waals surface area contributed by atoms with Crippen LogP contribution in [0.5, 0.6) is 0 Å². The Morgan fingerprint density at radius 2 is 2.03 bits per heavy atom. The minimum atomic E-state index is -0.706. The molecule has 2 aliphatic carbocycles. The Kier molecular flexibility index (Phi) is 4.84. The van der Waals surface area contributed by atoms with Crippen LogP contribution in [0.3, 0.4) is 0 Å². The van der Waals surface area contributed by atoms with E-state index >= 15 is 0 Å². The number of benzene rings is 1. The molecular weight excluding hydrogens is 395 g/mol. The van der Waals surface area contributed by atoms with Crippen LogP contribution in [0.1, 0.15) is 72.6 Å². The van der Waals surface area contributed by atoms with Crippen molar-refractivity contribution < 1.29 is 13.7 Å². The van der Waals surface area contributed by atoms with E-state index in [1.54, 1.807) is 13.0 Å². The maximum Gasteiger partial charge on any atom is 0.252 e. The maximum absolute atomic E-state index is 13.3. The molecule has 2 saturated carbocycles. The first-order chi connectivity index (χ1) is 14.9. The Labute approximate surface area is 180 Å². The van der Waals surface area contributed by atoms with Gasteiger partial charge in [-0.25, -0.2) is 4.98 Å². The molecule has 1 aromatic carbocycles. The summed E-state index contributed by atoms with van der Waals surface area (Å²) >= 11 is 0. The number of aromatic nitrogens is 3. The predicted octanol–water partition coefficient (Wildman–Crippen LogP) is 4.90. The summed E-state index contributed by atoms with van der Waals surface area (Å²) in [6.07, 6.45) is 6.86. The monoisotopic (exact) mass is 420 g/mol. The van der Waals surface area contributed by atoms with Crippen molar-refractivity contribution in [3.05, 3.63) is 65.3 Å². The van der Waals surface area contributed by atoms with Gasteiger partial charge in [-0.3, -0.25) is 4.79 Å². The zero-order chi connectivity index (χ0) is 21.6. The molecule has 2 fully saturated rings. The van der Waals surface area contributed by atoms with Crippen molar-refractivity contribution in [1.29, 1.82) is 0 Å². The summed E-state index contributed by atoms with van der Waals surface area (Å²) in [6.45, 7) is 3.70. The first-order valence-electron chi connectivity index (χ1n) is 10.8. The van der Waals surface area contributed by atoms with E-state index in [9.17, 15) is 9.18 Å². The molecule has 1 atom stereocenters. The highest BCUT2D eigenvalue weighted by Crippen LogP contribution is 2.45. The van der Waals surface area contributed by atoms with E-state index in [0.717, 1.165) is 43.2 Å². The number of hydrogen-bond acceptors (Lipinski definition) is 5. The summed E-state index contributed by atoms with van der Waals surface area (Å²) in [5.74, 6) is 1.32. The van der Waals surface area contributed by atoms with Crippen LogP contribution in [0.2, 0.25) is 0 Å². The average molecular weight is 420 g/mol. The molecule has 7 heteroatoms. The van der Waals surface area contributed by atoms with Crippen molar-refractivity contribution in [1.82, 2.24) is 20.4 Å². The second-order valence-corrected chi connectivity index (χ2v) is 9.02. The van der Waals surface area contributed by atoms with Gasteiger partial charge in [0, 0.05) is 24.2 Å². The summed E-state index contributed by atoms with van der Waals surface area (Å²) < 4.78 is 18.5. The molecule has 6 nitrogen and oxygen atoms in total. The number of hydrogen-bond donors (Lipinski definition) is 1. The molecule has 0 aliphatic heterocycles. The van der Waals surface area contributed by atoms with Gasteiger partial charge in [-0.1, -0.05) is 24.1 Å². The molecule has 0 radical (unpaired) electrons. The molecule has 2 aromatic heterocycles. The van der Waals surface area contributed by atoms with E-state index in [-0.39, 0.29) is 5.91 Å². The summed E-state index contributed by atoms with van der Waals surface area (Å²) in [5.41, 5.74) is 2.77. The smallest absolute Gasteiger partial charge is 0.252 e. The largest absolute Gasteiger partial charge is 0.340 e. The third kappa shape index (κ3) is 4.22. The number of amides is 1. The molecular formula is C24H25FN4O2. The molecule has 0 saturated heterocycles. The lowest BCUT2D eigenvalue weighted by Crippen LogP contribution is -2.44. The molecule has 2 aliphatic rings.